The molecular formula is C19H19NOS. The summed E-state index contributed by atoms with van der Waals surface area (Å²) >= 11 is 1.87. The maximum absolute atomic E-state index is 5.56. The molecule has 22 heavy (non-hydrogen) atoms. The lowest BCUT2D eigenvalue weighted by Gasteiger charge is -2.22. The van der Waals surface area contributed by atoms with Crippen molar-refractivity contribution in [2.24, 2.45) is 0 Å². The topological polar surface area (TPSA) is 25.2 Å². The first-order valence-electron chi connectivity index (χ1n) is 7.84. The first kappa shape index (κ1) is 13.8. The second-order valence-corrected chi connectivity index (χ2v) is 6.93. The maximum Gasteiger partial charge on any atom is 0.108 e. The predicted octanol–water partition coefficient (Wildman–Crippen LogP) is 5.18. The number of hydrogen-bond acceptors (Lipinski definition) is 3. The zero-order chi connectivity index (χ0) is 14.8. The Morgan fingerprint density at radius 1 is 1.09 bits per heavy atom. The molecule has 4 rings (SSSR count). The highest BCUT2D eigenvalue weighted by molar-refractivity contribution is 7.15. The molecule has 1 aliphatic rings. The van der Waals surface area contributed by atoms with E-state index in [1.807, 2.05) is 17.6 Å². The fourth-order valence-electron chi connectivity index (χ4n) is 3.15. The van der Waals surface area contributed by atoms with Crippen molar-refractivity contribution in [1.29, 1.82) is 0 Å². The van der Waals surface area contributed by atoms with Crippen LogP contribution < -0.4 is 5.32 Å². The van der Waals surface area contributed by atoms with E-state index >= 15 is 0 Å². The van der Waals surface area contributed by atoms with E-state index in [4.69, 9.17) is 4.42 Å². The molecule has 1 aromatic carbocycles. The summed E-state index contributed by atoms with van der Waals surface area (Å²) in [6.07, 6.45) is 5.31. The van der Waals surface area contributed by atoms with Crippen LogP contribution in [-0.2, 0) is 13.0 Å². The molecule has 3 aromatic rings. The minimum atomic E-state index is 0.435. The average molecular weight is 309 g/mol. The van der Waals surface area contributed by atoms with Gasteiger partial charge in [-0.05, 0) is 36.6 Å². The summed E-state index contributed by atoms with van der Waals surface area (Å²) in [5, 5.41) is 3.70. The molecule has 0 spiro atoms. The van der Waals surface area contributed by atoms with Crippen molar-refractivity contribution in [2.75, 3.05) is 0 Å². The molecule has 0 radical (unpaired) electrons. The second-order valence-electron chi connectivity index (χ2n) is 5.76. The van der Waals surface area contributed by atoms with E-state index in [2.05, 4.69) is 53.8 Å². The number of thiophene rings is 1. The van der Waals surface area contributed by atoms with E-state index in [0.29, 0.717) is 6.04 Å². The summed E-state index contributed by atoms with van der Waals surface area (Å²) in [6, 6.07) is 17.6. The van der Waals surface area contributed by atoms with Gasteiger partial charge in [-0.2, -0.15) is 0 Å². The summed E-state index contributed by atoms with van der Waals surface area (Å²) < 4.78 is 5.56. The zero-order valence-electron chi connectivity index (χ0n) is 12.4. The van der Waals surface area contributed by atoms with Crippen molar-refractivity contribution in [3.63, 3.8) is 0 Å². The second kappa shape index (κ2) is 6.11. The van der Waals surface area contributed by atoms with Gasteiger partial charge in [0, 0.05) is 34.3 Å². The molecule has 1 unspecified atom stereocenters. The first-order chi connectivity index (χ1) is 10.9. The summed E-state index contributed by atoms with van der Waals surface area (Å²) in [7, 11) is 0. The number of nitrogens with one attached hydrogen (secondary N) is 1. The molecular weight excluding hydrogens is 290 g/mol. The van der Waals surface area contributed by atoms with Crippen molar-refractivity contribution in [1.82, 2.24) is 5.32 Å². The molecule has 2 nitrogen and oxygen atoms in total. The molecule has 0 saturated carbocycles. The molecule has 2 heterocycles. The Bertz CT molecular complexity index is 744. The van der Waals surface area contributed by atoms with Gasteiger partial charge in [-0.15, -0.1) is 11.3 Å². The van der Waals surface area contributed by atoms with Crippen molar-refractivity contribution in [3.8, 4) is 10.4 Å². The number of furan rings is 1. The summed E-state index contributed by atoms with van der Waals surface area (Å²) in [5.41, 5.74) is 2.65. The van der Waals surface area contributed by atoms with E-state index in [9.17, 15) is 0 Å². The predicted molar refractivity (Wildman–Crippen MR) is 91.0 cm³/mol. The molecule has 0 aliphatic heterocycles. The van der Waals surface area contributed by atoms with Crippen LogP contribution in [0.15, 0.2) is 59.2 Å². The molecule has 0 bridgehead atoms. The van der Waals surface area contributed by atoms with Gasteiger partial charge in [-0.3, -0.25) is 0 Å². The lowest BCUT2D eigenvalue weighted by atomic mass is 9.93. The van der Waals surface area contributed by atoms with E-state index in [-0.39, 0.29) is 0 Å². The van der Waals surface area contributed by atoms with Gasteiger partial charge in [0.2, 0.25) is 0 Å². The van der Waals surface area contributed by atoms with Gasteiger partial charge >= 0.3 is 0 Å². The highest BCUT2D eigenvalue weighted by atomic mass is 32.1. The Hall–Kier alpha value is -1.84. The monoisotopic (exact) mass is 309 g/mol. The van der Waals surface area contributed by atoms with Crippen LogP contribution in [0.3, 0.4) is 0 Å². The molecule has 0 fully saturated rings. The molecule has 112 valence electrons. The molecule has 1 atom stereocenters. The fourth-order valence-corrected chi connectivity index (χ4v) is 4.12. The van der Waals surface area contributed by atoms with Crippen LogP contribution in [0, 0.1) is 0 Å². The summed E-state index contributed by atoms with van der Waals surface area (Å²) in [5.74, 6) is 1.17. The maximum atomic E-state index is 5.56. The van der Waals surface area contributed by atoms with Gasteiger partial charge in [0.25, 0.3) is 0 Å². The first-order valence-corrected chi connectivity index (χ1v) is 8.65. The van der Waals surface area contributed by atoms with E-state index in [0.717, 1.165) is 13.0 Å². The molecule has 1 aliphatic carbocycles. The Balaban J connectivity index is 1.44. The van der Waals surface area contributed by atoms with Gasteiger partial charge in [-0.1, -0.05) is 30.3 Å². The van der Waals surface area contributed by atoms with Crippen molar-refractivity contribution in [2.45, 2.75) is 31.8 Å². The molecule has 1 N–H and O–H groups in total. The van der Waals surface area contributed by atoms with E-state index < -0.39 is 0 Å². The highest BCUT2D eigenvalue weighted by Crippen LogP contribution is 2.32. The summed E-state index contributed by atoms with van der Waals surface area (Å²) in [4.78, 5) is 2.72. The molecule has 2 aromatic heterocycles. The van der Waals surface area contributed by atoms with Crippen LogP contribution in [0.4, 0.5) is 0 Å². The lowest BCUT2D eigenvalue weighted by molar-refractivity contribution is 0.412. The molecule has 0 saturated heterocycles. The zero-order valence-corrected chi connectivity index (χ0v) is 13.2. The van der Waals surface area contributed by atoms with Gasteiger partial charge in [-0.25, -0.2) is 0 Å². The standard InChI is InChI=1S/C19H19NOS/c1-2-5-14(6-3-1)19-10-9-15(22-19)13-20-17-7-4-8-18-16(17)11-12-21-18/h1-3,5-6,9-12,17,20H,4,7-8,13H2. The molecule has 3 heteroatoms. The fraction of sp³-hybridized carbons (Fsp3) is 0.263. The van der Waals surface area contributed by atoms with Crippen LogP contribution in [0.5, 0.6) is 0 Å². The lowest BCUT2D eigenvalue weighted by Crippen LogP contribution is -2.23. The van der Waals surface area contributed by atoms with Crippen LogP contribution in [-0.4, -0.2) is 0 Å². The Morgan fingerprint density at radius 2 is 2.00 bits per heavy atom. The van der Waals surface area contributed by atoms with E-state index in [1.165, 1.54) is 39.5 Å². The highest BCUT2D eigenvalue weighted by Gasteiger charge is 2.22. The van der Waals surface area contributed by atoms with Crippen LogP contribution >= 0.6 is 11.3 Å². The Kier molecular flexibility index (Phi) is 3.83. The number of rotatable bonds is 4. The van der Waals surface area contributed by atoms with Crippen molar-refractivity contribution in [3.05, 3.63) is 71.0 Å². The van der Waals surface area contributed by atoms with E-state index in [1.54, 1.807) is 0 Å². The minimum Gasteiger partial charge on any atom is -0.469 e. The van der Waals surface area contributed by atoms with Gasteiger partial charge < -0.3 is 9.73 Å². The minimum absolute atomic E-state index is 0.435. The third-order valence-electron chi connectivity index (χ3n) is 4.29. The van der Waals surface area contributed by atoms with Gasteiger partial charge in [0.05, 0.1) is 6.26 Å². The molecule has 0 amide bonds. The van der Waals surface area contributed by atoms with Crippen molar-refractivity contribution >= 4 is 11.3 Å². The number of fused-ring (bicyclic) bond motifs is 1. The Morgan fingerprint density at radius 3 is 2.91 bits per heavy atom. The van der Waals surface area contributed by atoms with Crippen LogP contribution in [0.25, 0.3) is 10.4 Å². The normalized spacial score (nSPS) is 17.4. The number of benzene rings is 1. The quantitative estimate of drug-likeness (QED) is 0.718. The van der Waals surface area contributed by atoms with Crippen LogP contribution in [0.2, 0.25) is 0 Å². The van der Waals surface area contributed by atoms with Gasteiger partial charge in [0.15, 0.2) is 0 Å². The Labute approximate surface area is 134 Å². The third-order valence-corrected chi connectivity index (χ3v) is 5.43. The number of hydrogen-bond donors (Lipinski definition) is 1. The SMILES string of the molecule is c1ccc(-c2ccc(CNC3CCCc4occc43)s2)cc1. The number of aryl methyl sites for hydroxylation is 1. The van der Waals surface area contributed by atoms with Crippen molar-refractivity contribution < 1.29 is 4.42 Å². The van der Waals surface area contributed by atoms with Crippen LogP contribution in [0.1, 0.15) is 35.1 Å². The smallest absolute Gasteiger partial charge is 0.108 e. The average Bonchev–Trinajstić information content (AvgIpc) is 3.23. The largest absolute Gasteiger partial charge is 0.469 e. The van der Waals surface area contributed by atoms with Gasteiger partial charge in [0.1, 0.15) is 5.76 Å². The summed E-state index contributed by atoms with van der Waals surface area (Å²) in [6.45, 7) is 0.923. The third kappa shape index (κ3) is 2.74.